The van der Waals surface area contributed by atoms with E-state index >= 15 is 0 Å². The smallest absolute Gasteiger partial charge is 0.145 e. The molecule has 0 bridgehead atoms. The molecule has 3 heteroatoms. The Morgan fingerprint density at radius 2 is 1.89 bits per heavy atom. The van der Waals surface area contributed by atoms with Crippen LogP contribution in [0.2, 0.25) is 0 Å². The number of rotatable bonds is 9. The molecule has 0 saturated heterocycles. The van der Waals surface area contributed by atoms with Crippen LogP contribution >= 0.6 is 0 Å². The first-order valence-corrected chi connectivity index (χ1v) is 7.22. The van der Waals surface area contributed by atoms with Gasteiger partial charge in [-0.25, -0.2) is 0 Å². The molecular weight excluding hydrogens is 238 g/mol. The van der Waals surface area contributed by atoms with Gasteiger partial charge in [0, 0.05) is 0 Å². The molecule has 3 nitrogen and oxygen atoms in total. The van der Waals surface area contributed by atoms with Crippen molar-refractivity contribution in [1.29, 1.82) is 0 Å². The molecule has 0 rings (SSSR count). The van der Waals surface area contributed by atoms with Crippen LogP contribution in [0.15, 0.2) is 16.8 Å². The lowest BCUT2D eigenvalue weighted by Crippen LogP contribution is -2.30. The number of oxime groups is 1. The van der Waals surface area contributed by atoms with Gasteiger partial charge in [0.25, 0.3) is 0 Å². The van der Waals surface area contributed by atoms with Crippen molar-refractivity contribution in [2.45, 2.75) is 72.8 Å². The fourth-order valence-corrected chi connectivity index (χ4v) is 1.73. The summed E-state index contributed by atoms with van der Waals surface area (Å²) in [5.41, 5.74) is 1.45. The maximum Gasteiger partial charge on any atom is 0.145 e. The summed E-state index contributed by atoms with van der Waals surface area (Å²) in [6, 6.07) is 0. The van der Waals surface area contributed by atoms with Crippen LogP contribution in [0, 0.1) is 5.92 Å². The second kappa shape index (κ2) is 9.13. The van der Waals surface area contributed by atoms with Gasteiger partial charge in [0.2, 0.25) is 0 Å². The lowest BCUT2D eigenvalue weighted by Gasteiger charge is -2.23. The van der Waals surface area contributed by atoms with Gasteiger partial charge in [0.15, 0.2) is 0 Å². The molecule has 0 aromatic carbocycles. The molecular formula is C16H31NO2. The Morgan fingerprint density at radius 3 is 2.42 bits per heavy atom. The van der Waals surface area contributed by atoms with Crippen LogP contribution in [-0.4, -0.2) is 23.0 Å². The summed E-state index contributed by atoms with van der Waals surface area (Å²) in [7, 11) is 0. The Balaban J connectivity index is 3.89. The molecule has 0 heterocycles. The first kappa shape index (κ1) is 18.2. The largest absolute Gasteiger partial charge is 0.393 e. The SMILES string of the molecule is CC(C)=CCC[C@@H](C)CC[C@@](C)(O)CON=C(C)C. The Kier molecular flexibility index (Phi) is 8.73. The highest BCUT2D eigenvalue weighted by atomic mass is 16.6. The van der Waals surface area contributed by atoms with E-state index in [0.29, 0.717) is 5.92 Å². The molecule has 19 heavy (non-hydrogen) atoms. The normalized spacial score (nSPS) is 15.3. The van der Waals surface area contributed by atoms with E-state index < -0.39 is 5.60 Å². The molecule has 0 aliphatic carbocycles. The molecule has 2 atom stereocenters. The molecule has 0 fully saturated rings. The van der Waals surface area contributed by atoms with Crippen LogP contribution in [0.25, 0.3) is 0 Å². The van der Waals surface area contributed by atoms with Gasteiger partial charge < -0.3 is 9.94 Å². The fraction of sp³-hybridized carbons (Fsp3) is 0.812. The van der Waals surface area contributed by atoms with Crippen molar-refractivity contribution in [1.82, 2.24) is 0 Å². The first-order chi connectivity index (χ1) is 8.73. The molecule has 0 aliphatic heterocycles. The summed E-state index contributed by atoms with van der Waals surface area (Å²) in [6.45, 7) is 12.3. The van der Waals surface area contributed by atoms with Gasteiger partial charge in [-0.05, 0) is 66.2 Å². The standard InChI is InChI=1S/C16H31NO2/c1-13(2)8-7-9-15(5)10-11-16(6,18)12-19-17-14(3)4/h8,15,18H,7,9-12H2,1-6H3/t15-,16-/m1/s1. The average molecular weight is 269 g/mol. The summed E-state index contributed by atoms with van der Waals surface area (Å²) in [4.78, 5) is 5.13. The van der Waals surface area contributed by atoms with E-state index in [1.54, 1.807) is 0 Å². The maximum atomic E-state index is 10.2. The molecule has 0 aromatic rings. The number of allylic oxidation sites excluding steroid dienone is 2. The molecule has 112 valence electrons. The third kappa shape index (κ3) is 12.0. The van der Waals surface area contributed by atoms with Crippen LogP contribution in [0.3, 0.4) is 0 Å². The lowest BCUT2D eigenvalue weighted by atomic mass is 9.92. The van der Waals surface area contributed by atoms with Crippen molar-refractivity contribution in [3.05, 3.63) is 11.6 Å². The second-order valence-electron chi connectivity index (χ2n) is 6.31. The van der Waals surface area contributed by atoms with Crippen molar-refractivity contribution in [2.75, 3.05) is 6.61 Å². The highest BCUT2D eigenvalue weighted by Crippen LogP contribution is 2.20. The van der Waals surface area contributed by atoms with E-state index in [1.807, 2.05) is 20.8 Å². The topological polar surface area (TPSA) is 41.8 Å². The molecule has 0 saturated carbocycles. The maximum absolute atomic E-state index is 10.2. The van der Waals surface area contributed by atoms with Gasteiger partial charge in [0.05, 0.1) is 11.3 Å². The van der Waals surface area contributed by atoms with Crippen LogP contribution < -0.4 is 0 Å². The summed E-state index contributed by atoms with van der Waals surface area (Å²) in [5, 5.41) is 14.0. The molecule has 0 amide bonds. The van der Waals surface area contributed by atoms with Crippen LogP contribution in [0.4, 0.5) is 0 Å². The summed E-state index contributed by atoms with van der Waals surface area (Å²) >= 11 is 0. The molecule has 0 unspecified atom stereocenters. The second-order valence-corrected chi connectivity index (χ2v) is 6.31. The molecule has 0 aliphatic rings. The third-order valence-corrected chi connectivity index (χ3v) is 3.01. The highest BCUT2D eigenvalue weighted by molar-refractivity contribution is 5.78. The van der Waals surface area contributed by atoms with Gasteiger partial charge in [0.1, 0.15) is 6.61 Å². The van der Waals surface area contributed by atoms with Crippen molar-refractivity contribution < 1.29 is 9.94 Å². The predicted molar refractivity (Wildman–Crippen MR) is 82.4 cm³/mol. The van der Waals surface area contributed by atoms with Gasteiger partial charge in [-0.3, -0.25) is 0 Å². The Morgan fingerprint density at radius 1 is 1.26 bits per heavy atom. The summed E-state index contributed by atoms with van der Waals surface area (Å²) in [5.74, 6) is 0.624. The van der Waals surface area contributed by atoms with Crippen LogP contribution in [0.1, 0.15) is 67.2 Å². The average Bonchev–Trinajstić information content (AvgIpc) is 2.25. The molecule has 0 radical (unpaired) electrons. The summed E-state index contributed by atoms with van der Waals surface area (Å²) in [6.07, 6.45) is 6.34. The van der Waals surface area contributed by atoms with Gasteiger partial charge in [-0.2, -0.15) is 0 Å². The number of hydrogen-bond donors (Lipinski definition) is 1. The first-order valence-electron chi connectivity index (χ1n) is 7.22. The number of nitrogens with zero attached hydrogens (tertiary/aromatic N) is 1. The van der Waals surface area contributed by atoms with Crippen molar-refractivity contribution in [2.24, 2.45) is 11.1 Å². The number of hydrogen-bond acceptors (Lipinski definition) is 3. The summed E-state index contributed by atoms with van der Waals surface area (Å²) < 4.78 is 0. The third-order valence-electron chi connectivity index (χ3n) is 3.01. The predicted octanol–water partition coefficient (Wildman–Crippen LogP) is 4.31. The van der Waals surface area contributed by atoms with Crippen molar-refractivity contribution >= 4 is 5.71 Å². The van der Waals surface area contributed by atoms with Gasteiger partial charge in [-0.15, -0.1) is 0 Å². The van der Waals surface area contributed by atoms with E-state index in [2.05, 4.69) is 32.0 Å². The molecule has 0 aromatic heterocycles. The van der Waals surface area contributed by atoms with E-state index in [-0.39, 0.29) is 6.61 Å². The molecule has 0 spiro atoms. The zero-order valence-electron chi connectivity index (χ0n) is 13.5. The monoisotopic (exact) mass is 269 g/mol. The Hall–Kier alpha value is -0.830. The van der Waals surface area contributed by atoms with E-state index in [1.165, 1.54) is 12.0 Å². The lowest BCUT2D eigenvalue weighted by molar-refractivity contribution is -0.0407. The highest BCUT2D eigenvalue weighted by Gasteiger charge is 2.22. The van der Waals surface area contributed by atoms with Crippen molar-refractivity contribution in [3.63, 3.8) is 0 Å². The van der Waals surface area contributed by atoms with Gasteiger partial charge >= 0.3 is 0 Å². The minimum atomic E-state index is -0.788. The van der Waals surface area contributed by atoms with Crippen LogP contribution in [-0.2, 0) is 4.84 Å². The number of aliphatic hydroxyl groups is 1. The zero-order chi connectivity index (χ0) is 14.9. The van der Waals surface area contributed by atoms with E-state index in [0.717, 1.165) is 25.0 Å². The quantitative estimate of drug-likeness (QED) is 0.385. The zero-order valence-corrected chi connectivity index (χ0v) is 13.5. The van der Waals surface area contributed by atoms with E-state index in [9.17, 15) is 5.11 Å². The van der Waals surface area contributed by atoms with E-state index in [4.69, 9.17) is 4.84 Å². The Labute approximate surface area is 118 Å². The minimum absolute atomic E-state index is 0.263. The van der Waals surface area contributed by atoms with Crippen molar-refractivity contribution in [3.8, 4) is 0 Å². The minimum Gasteiger partial charge on any atom is -0.393 e. The van der Waals surface area contributed by atoms with Crippen LogP contribution in [0.5, 0.6) is 0 Å². The van der Waals surface area contributed by atoms with Gasteiger partial charge in [-0.1, -0.05) is 23.7 Å². The Bertz CT molecular complexity index is 298. The fourth-order valence-electron chi connectivity index (χ4n) is 1.73. The molecule has 1 N–H and O–H groups in total.